The monoisotopic (exact) mass is 789 g/mol. The fourth-order valence-corrected chi connectivity index (χ4v) is 7.73. The standard InChI is InChI=1S/C47H60FN7O3/c1-10-14-16-21-47(7,20-15-11-2)29-58-46-52-40-27-37(36-26-33(56)24-31-18-19-38(48)34(12-3)41(31)36)43(51-30(5)6)35(13-4)42(40)44(53-46)55-23-17-22-50-32(28-55)25-39(49)45(57)54(8)9/h3,13,18-19,24-27,30,56H,10-11,14-17,20-23,28-29,49H2,1-2,4-9H3/b35-13-,39-25-,51-43?. The molecule has 2 aromatic carbocycles. The molecule has 2 aliphatic rings. The number of benzene rings is 2. The second kappa shape index (κ2) is 19.3. The van der Waals surface area contributed by atoms with Crippen LogP contribution in [0.25, 0.3) is 28.0 Å². The first kappa shape index (κ1) is 43.6. The van der Waals surface area contributed by atoms with Gasteiger partial charge in [-0.2, -0.15) is 9.97 Å². The lowest BCUT2D eigenvalue weighted by atomic mass is 9.81. The van der Waals surface area contributed by atoms with Crippen molar-refractivity contribution in [1.29, 1.82) is 0 Å². The number of amides is 1. The topological polar surface area (TPSA) is 130 Å². The number of nitrogens with zero attached hydrogens (tertiary/aromatic N) is 6. The van der Waals surface area contributed by atoms with Gasteiger partial charge in [-0.1, -0.05) is 70.9 Å². The smallest absolute Gasteiger partial charge is 0.318 e. The number of aliphatic imine (C=N–C) groups is 2. The summed E-state index contributed by atoms with van der Waals surface area (Å²) >= 11 is 0. The lowest BCUT2D eigenvalue weighted by molar-refractivity contribution is -0.124. The number of aromatic nitrogens is 2. The highest BCUT2D eigenvalue weighted by Gasteiger charge is 2.33. The Hall–Kier alpha value is -5.50. The van der Waals surface area contributed by atoms with E-state index in [9.17, 15) is 9.90 Å². The van der Waals surface area contributed by atoms with E-state index in [1.807, 2.05) is 32.9 Å². The third kappa shape index (κ3) is 9.95. The molecule has 0 saturated heterocycles. The zero-order valence-electron chi connectivity index (χ0n) is 35.6. The second-order valence-corrected chi connectivity index (χ2v) is 16.2. The molecule has 10 nitrogen and oxygen atoms in total. The van der Waals surface area contributed by atoms with Crippen molar-refractivity contribution in [2.45, 2.75) is 99.0 Å². The molecule has 1 amide bonds. The summed E-state index contributed by atoms with van der Waals surface area (Å²) in [5.41, 5.74) is 11.0. The van der Waals surface area contributed by atoms with Crippen LogP contribution in [0.15, 0.2) is 52.1 Å². The van der Waals surface area contributed by atoms with E-state index >= 15 is 4.39 Å². The van der Waals surface area contributed by atoms with E-state index in [1.165, 1.54) is 11.0 Å². The van der Waals surface area contributed by atoms with Crippen molar-refractivity contribution in [3.05, 3.63) is 70.3 Å². The maximum Gasteiger partial charge on any atom is 0.318 e. The molecule has 11 heteroatoms. The summed E-state index contributed by atoms with van der Waals surface area (Å²) in [5, 5.41) is 12.1. The molecule has 0 spiro atoms. The van der Waals surface area contributed by atoms with Gasteiger partial charge in [-0.25, -0.2) is 4.39 Å². The fraction of sp³-hybridized carbons (Fsp3) is 0.468. The predicted molar refractivity (Wildman–Crippen MR) is 237 cm³/mol. The summed E-state index contributed by atoms with van der Waals surface area (Å²) in [5.74, 6) is 2.38. The molecule has 0 saturated carbocycles. The lowest BCUT2D eigenvalue weighted by Gasteiger charge is -2.32. The van der Waals surface area contributed by atoms with Crippen molar-refractivity contribution in [2.24, 2.45) is 21.1 Å². The number of rotatable bonds is 15. The zero-order chi connectivity index (χ0) is 42.1. The van der Waals surface area contributed by atoms with Crippen molar-refractivity contribution in [3.63, 3.8) is 0 Å². The second-order valence-electron chi connectivity index (χ2n) is 16.2. The van der Waals surface area contributed by atoms with Crippen LogP contribution in [0, 0.1) is 23.6 Å². The van der Waals surface area contributed by atoms with Gasteiger partial charge in [0.25, 0.3) is 5.91 Å². The Morgan fingerprint density at radius 3 is 2.59 bits per heavy atom. The van der Waals surface area contributed by atoms with E-state index < -0.39 is 5.82 Å². The summed E-state index contributed by atoms with van der Waals surface area (Å²) in [4.78, 5) is 36.6. The number of carbonyl (C=O) groups is 1. The minimum atomic E-state index is -0.529. The minimum Gasteiger partial charge on any atom is -0.508 e. The fourth-order valence-electron chi connectivity index (χ4n) is 7.73. The summed E-state index contributed by atoms with van der Waals surface area (Å²) in [6, 6.07) is 6.24. The van der Waals surface area contributed by atoms with Gasteiger partial charge in [-0.15, -0.1) is 6.42 Å². The first-order valence-electron chi connectivity index (χ1n) is 20.6. The Labute approximate surface area is 343 Å². The van der Waals surface area contributed by atoms with Gasteiger partial charge in [-0.3, -0.25) is 14.8 Å². The van der Waals surface area contributed by atoms with E-state index in [2.05, 4.69) is 31.6 Å². The van der Waals surface area contributed by atoms with Gasteiger partial charge < -0.3 is 25.4 Å². The van der Waals surface area contributed by atoms with Crippen LogP contribution in [-0.4, -0.2) is 83.7 Å². The van der Waals surface area contributed by atoms with Crippen LogP contribution in [0.2, 0.25) is 0 Å². The number of likely N-dealkylation sites (N-methyl/N-ethyl adjacent to an activating group) is 1. The maximum atomic E-state index is 15.4. The lowest BCUT2D eigenvalue weighted by Crippen LogP contribution is -2.33. The highest BCUT2D eigenvalue weighted by atomic mass is 19.1. The van der Waals surface area contributed by atoms with Gasteiger partial charge in [-0.05, 0) is 81.3 Å². The van der Waals surface area contributed by atoms with Crippen molar-refractivity contribution in [3.8, 4) is 24.1 Å². The highest BCUT2D eigenvalue weighted by Crippen LogP contribution is 2.44. The molecule has 3 aromatic rings. The number of phenolic OH excluding ortho intramolecular Hbond substituents is 1. The van der Waals surface area contributed by atoms with Crippen LogP contribution in [0.5, 0.6) is 11.8 Å². The van der Waals surface area contributed by atoms with Crippen LogP contribution < -0.4 is 15.4 Å². The molecule has 0 radical (unpaired) electrons. The van der Waals surface area contributed by atoms with Crippen molar-refractivity contribution in [1.82, 2.24) is 14.9 Å². The molecule has 1 aromatic heterocycles. The number of halogens is 1. The maximum absolute atomic E-state index is 15.4. The molecular formula is C47H60FN7O3. The molecule has 58 heavy (non-hydrogen) atoms. The van der Waals surface area contributed by atoms with Gasteiger partial charge in [0, 0.05) is 55.2 Å². The largest absolute Gasteiger partial charge is 0.508 e. The summed E-state index contributed by atoms with van der Waals surface area (Å²) in [7, 11) is 3.33. The number of hydrogen-bond donors (Lipinski definition) is 2. The highest BCUT2D eigenvalue weighted by molar-refractivity contribution is 6.50. The minimum absolute atomic E-state index is 0.00741. The van der Waals surface area contributed by atoms with Gasteiger partial charge in [0.1, 0.15) is 17.4 Å². The Balaban J connectivity index is 1.77. The normalized spacial score (nSPS) is 17.1. The van der Waals surface area contributed by atoms with Crippen LogP contribution in [-0.2, 0) is 4.79 Å². The van der Waals surface area contributed by atoms with E-state index in [0.717, 1.165) is 62.5 Å². The number of ether oxygens (including phenoxy) is 1. The third-order valence-electron chi connectivity index (χ3n) is 10.7. The average molecular weight is 790 g/mol. The number of terminal acetylenes is 1. The number of allylic oxidation sites excluding steroid dienone is 3. The van der Waals surface area contributed by atoms with Crippen molar-refractivity contribution < 1.29 is 19.0 Å². The predicted octanol–water partition coefficient (Wildman–Crippen LogP) is 9.00. The molecule has 308 valence electrons. The summed E-state index contributed by atoms with van der Waals surface area (Å²) in [6.45, 7) is 14.6. The molecule has 1 aliphatic heterocycles. The number of anilines is 1. The quantitative estimate of drug-likeness (QED) is 0.0894. The number of unbranched alkanes of at least 4 members (excludes halogenated alkanes) is 3. The molecule has 0 fully saturated rings. The van der Waals surface area contributed by atoms with Crippen LogP contribution >= 0.6 is 0 Å². The molecule has 3 N–H and O–H groups in total. The van der Waals surface area contributed by atoms with Crippen molar-refractivity contribution >= 4 is 51.1 Å². The van der Waals surface area contributed by atoms with E-state index in [-0.39, 0.29) is 40.4 Å². The van der Waals surface area contributed by atoms with Crippen LogP contribution in [0.1, 0.15) is 115 Å². The van der Waals surface area contributed by atoms with Crippen LogP contribution in [0.3, 0.4) is 0 Å². The zero-order valence-corrected chi connectivity index (χ0v) is 35.6. The SMILES string of the molecule is C#Cc1c(F)ccc2cc(O)cc(C3=Cc4nc(OCC(C)(CCCC)CCCCC)nc(N5CCCN=C(/C=C(\N)C(=O)N(C)C)C5)c4/C(=C/C)C3=NC(C)C)c12. The Kier molecular flexibility index (Phi) is 14.5. The van der Waals surface area contributed by atoms with E-state index in [4.69, 9.17) is 36.8 Å². The molecule has 1 unspecified atom stereocenters. The number of hydrogen-bond acceptors (Lipinski definition) is 9. The molecule has 1 aliphatic carbocycles. The number of nitrogens with two attached hydrogens (primary N) is 1. The van der Waals surface area contributed by atoms with Gasteiger partial charge >= 0.3 is 6.01 Å². The number of aromatic hydroxyl groups is 1. The van der Waals surface area contributed by atoms with E-state index in [1.54, 1.807) is 38.4 Å². The Morgan fingerprint density at radius 1 is 1.17 bits per heavy atom. The first-order chi connectivity index (χ1) is 27.7. The van der Waals surface area contributed by atoms with Crippen LogP contribution in [0.4, 0.5) is 10.2 Å². The molecule has 0 bridgehead atoms. The summed E-state index contributed by atoms with van der Waals surface area (Å²) < 4.78 is 22.1. The first-order valence-corrected chi connectivity index (χ1v) is 20.6. The molecule has 1 atom stereocenters. The van der Waals surface area contributed by atoms with Gasteiger partial charge in [0.2, 0.25) is 0 Å². The Bertz CT molecular complexity index is 2210. The van der Waals surface area contributed by atoms with E-state index in [0.29, 0.717) is 71.1 Å². The Morgan fingerprint density at radius 2 is 1.91 bits per heavy atom. The number of phenols is 1. The summed E-state index contributed by atoms with van der Waals surface area (Å²) in [6.07, 6.45) is 19.9. The molecular weight excluding hydrogens is 730 g/mol. The molecule has 2 heterocycles. The molecule has 5 rings (SSSR count). The van der Waals surface area contributed by atoms with Crippen molar-refractivity contribution in [2.75, 3.05) is 45.2 Å². The van der Waals surface area contributed by atoms with Gasteiger partial charge in [0.05, 0.1) is 47.1 Å². The number of carbonyl (C=O) groups excluding carboxylic acids is 1. The third-order valence-corrected chi connectivity index (χ3v) is 10.7. The average Bonchev–Trinajstić information content (AvgIpc) is 3.43. The van der Waals surface area contributed by atoms with Gasteiger partial charge in [0.15, 0.2) is 0 Å². The number of fused-ring (bicyclic) bond motifs is 2.